The van der Waals surface area contributed by atoms with Gasteiger partial charge in [-0.3, -0.25) is 4.79 Å². The van der Waals surface area contributed by atoms with E-state index in [2.05, 4.69) is 5.32 Å². The molecule has 0 aromatic heterocycles. The normalized spacial score (nSPS) is 11.9. The number of amides is 1. The second-order valence-electron chi connectivity index (χ2n) is 4.17. The molecule has 1 rings (SSSR count). The number of carbonyl (C=O) groups is 1. The van der Waals surface area contributed by atoms with Crippen LogP contribution in [0.2, 0.25) is 0 Å². The molecule has 0 spiro atoms. The van der Waals surface area contributed by atoms with E-state index in [0.717, 1.165) is 5.69 Å². The smallest absolute Gasteiger partial charge is 0.241 e. The van der Waals surface area contributed by atoms with E-state index in [-0.39, 0.29) is 18.6 Å². The lowest BCUT2D eigenvalue weighted by molar-refractivity contribution is -0.128. The Labute approximate surface area is 102 Å². The Morgan fingerprint density at radius 2 is 2.06 bits per heavy atom. The summed E-state index contributed by atoms with van der Waals surface area (Å²) in [4.78, 5) is 13.3. The van der Waals surface area contributed by atoms with Crippen molar-refractivity contribution in [3.8, 4) is 0 Å². The molecule has 4 nitrogen and oxygen atoms in total. The van der Waals surface area contributed by atoms with E-state index in [1.807, 2.05) is 30.3 Å². The van der Waals surface area contributed by atoms with E-state index in [1.165, 1.54) is 0 Å². The van der Waals surface area contributed by atoms with E-state index in [1.54, 1.807) is 18.9 Å². The van der Waals surface area contributed by atoms with Crippen LogP contribution in [0.5, 0.6) is 0 Å². The number of hydrogen-bond acceptors (Lipinski definition) is 3. The molecule has 1 atom stereocenters. The summed E-state index contributed by atoms with van der Waals surface area (Å²) in [6.45, 7) is 2.58. The van der Waals surface area contributed by atoms with E-state index in [0.29, 0.717) is 13.0 Å². The van der Waals surface area contributed by atoms with Crippen LogP contribution in [0.1, 0.15) is 13.3 Å². The van der Waals surface area contributed by atoms with Crippen LogP contribution in [-0.2, 0) is 4.79 Å². The second-order valence-corrected chi connectivity index (χ2v) is 4.17. The fraction of sp³-hybridized carbons (Fsp3) is 0.462. The number of carbonyl (C=O) groups excluding carboxylic acids is 1. The van der Waals surface area contributed by atoms with Crippen LogP contribution in [0.4, 0.5) is 5.69 Å². The Hall–Kier alpha value is -1.55. The summed E-state index contributed by atoms with van der Waals surface area (Å²) in [5.41, 5.74) is 0.935. The molecule has 0 radical (unpaired) electrons. The van der Waals surface area contributed by atoms with Crippen LogP contribution in [0, 0.1) is 0 Å². The van der Waals surface area contributed by atoms with Crippen LogP contribution in [0.25, 0.3) is 0 Å². The first-order chi connectivity index (χ1) is 8.09. The summed E-state index contributed by atoms with van der Waals surface area (Å²) in [5, 5.41) is 12.2. The Balaban J connectivity index is 2.29. The standard InChI is InChI=1S/C13H20N2O2/c1-11(16)8-9-15(2)13(17)10-14-12-6-4-3-5-7-12/h3-7,11,14,16H,8-10H2,1-2H3. The first-order valence-electron chi connectivity index (χ1n) is 5.80. The lowest BCUT2D eigenvalue weighted by Crippen LogP contribution is -2.34. The maximum absolute atomic E-state index is 11.7. The van der Waals surface area contributed by atoms with Crippen molar-refractivity contribution in [3.05, 3.63) is 30.3 Å². The van der Waals surface area contributed by atoms with Crippen molar-refractivity contribution in [2.24, 2.45) is 0 Å². The van der Waals surface area contributed by atoms with Gasteiger partial charge in [-0.25, -0.2) is 0 Å². The molecule has 17 heavy (non-hydrogen) atoms. The third kappa shape index (κ3) is 5.36. The van der Waals surface area contributed by atoms with Crippen molar-refractivity contribution < 1.29 is 9.90 Å². The molecule has 0 aliphatic heterocycles. The number of aliphatic hydroxyl groups excluding tert-OH is 1. The van der Waals surface area contributed by atoms with Crippen molar-refractivity contribution in [2.45, 2.75) is 19.4 Å². The van der Waals surface area contributed by atoms with Crippen LogP contribution >= 0.6 is 0 Å². The maximum Gasteiger partial charge on any atom is 0.241 e. The molecule has 0 fully saturated rings. The number of likely N-dealkylation sites (N-methyl/N-ethyl adjacent to an activating group) is 1. The van der Waals surface area contributed by atoms with Crippen molar-refractivity contribution in [3.63, 3.8) is 0 Å². The molecule has 1 amide bonds. The number of rotatable bonds is 6. The SMILES string of the molecule is CC(O)CCN(C)C(=O)CNc1ccccc1. The zero-order valence-corrected chi connectivity index (χ0v) is 10.4. The number of hydrogen-bond donors (Lipinski definition) is 2. The number of nitrogens with one attached hydrogen (secondary N) is 1. The minimum atomic E-state index is -0.368. The van der Waals surface area contributed by atoms with E-state index in [4.69, 9.17) is 5.11 Å². The topological polar surface area (TPSA) is 52.6 Å². The fourth-order valence-corrected chi connectivity index (χ4v) is 1.37. The van der Waals surface area contributed by atoms with Gasteiger partial charge >= 0.3 is 0 Å². The highest BCUT2D eigenvalue weighted by atomic mass is 16.3. The van der Waals surface area contributed by atoms with Gasteiger partial charge in [0.05, 0.1) is 12.6 Å². The molecule has 0 aliphatic rings. The molecule has 1 aromatic carbocycles. The number of benzene rings is 1. The van der Waals surface area contributed by atoms with Gasteiger partial charge in [0.15, 0.2) is 0 Å². The molecule has 0 saturated heterocycles. The average molecular weight is 236 g/mol. The molecule has 0 aliphatic carbocycles. The molecule has 0 heterocycles. The van der Waals surface area contributed by atoms with Crippen molar-refractivity contribution in [1.82, 2.24) is 4.90 Å². The van der Waals surface area contributed by atoms with E-state index in [9.17, 15) is 4.79 Å². The van der Waals surface area contributed by atoms with Gasteiger partial charge in [0.1, 0.15) is 0 Å². The number of aliphatic hydroxyl groups is 1. The minimum Gasteiger partial charge on any atom is -0.393 e. The van der Waals surface area contributed by atoms with Gasteiger partial charge in [0.2, 0.25) is 5.91 Å². The van der Waals surface area contributed by atoms with E-state index < -0.39 is 0 Å². The lowest BCUT2D eigenvalue weighted by Gasteiger charge is -2.18. The molecule has 1 aromatic rings. The fourth-order valence-electron chi connectivity index (χ4n) is 1.37. The Bertz CT molecular complexity index is 339. The Kier molecular flexibility index (Phi) is 5.49. The van der Waals surface area contributed by atoms with Gasteiger partial charge in [-0.2, -0.15) is 0 Å². The summed E-state index contributed by atoms with van der Waals surface area (Å²) in [6.07, 6.45) is 0.237. The third-order valence-corrected chi connectivity index (χ3v) is 2.53. The van der Waals surface area contributed by atoms with Crippen molar-refractivity contribution >= 4 is 11.6 Å². The molecule has 0 saturated carbocycles. The Morgan fingerprint density at radius 3 is 2.65 bits per heavy atom. The van der Waals surface area contributed by atoms with Gasteiger partial charge in [-0.15, -0.1) is 0 Å². The Morgan fingerprint density at radius 1 is 1.41 bits per heavy atom. The highest BCUT2D eigenvalue weighted by Crippen LogP contribution is 2.04. The van der Waals surface area contributed by atoms with Crippen LogP contribution in [0.3, 0.4) is 0 Å². The number of nitrogens with zero attached hydrogens (tertiary/aromatic N) is 1. The molecule has 0 bridgehead atoms. The highest BCUT2D eigenvalue weighted by Gasteiger charge is 2.08. The van der Waals surface area contributed by atoms with Crippen LogP contribution < -0.4 is 5.32 Å². The molecule has 2 N–H and O–H groups in total. The predicted molar refractivity (Wildman–Crippen MR) is 68.9 cm³/mol. The summed E-state index contributed by atoms with van der Waals surface area (Å²) >= 11 is 0. The number of para-hydroxylation sites is 1. The maximum atomic E-state index is 11.7. The first-order valence-corrected chi connectivity index (χ1v) is 5.80. The largest absolute Gasteiger partial charge is 0.393 e. The predicted octanol–water partition coefficient (Wildman–Crippen LogP) is 1.33. The highest BCUT2D eigenvalue weighted by molar-refractivity contribution is 5.80. The second kappa shape index (κ2) is 6.91. The van der Waals surface area contributed by atoms with Gasteiger partial charge in [-0.1, -0.05) is 18.2 Å². The van der Waals surface area contributed by atoms with E-state index >= 15 is 0 Å². The summed E-state index contributed by atoms with van der Waals surface area (Å²) in [6, 6.07) is 9.61. The number of anilines is 1. The first kappa shape index (κ1) is 13.5. The molecular weight excluding hydrogens is 216 g/mol. The quantitative estimate of drug-likeness (QED) is 0.783. The third-order valence-electron chi connectivity index (χ3n) is 2.53. The van der Waals surface area contributed by atoms with Crippen molar-refractivity contribution in [1.29, 1.82) is 0 Å². The van der Waals surface area contributed by atoms with Crippen LogP contribution in [-0.4, -0.2) is 42.2 Å². The molecule has 1 unspecified atom stereocenters. The molecular formula is C13H20N2O2. The lowest BCUT2D eigenvalue weighted by atomic mass is 10.2. The minimum absolute atomic E-state index is 0.0227. The van der Waals surface area contributed by atoms with Gasteiger partial charge < -0.3 is 15.3 Å². The zero-order valence-electron chi connectivity index (χ0n) is 10.4. The van der Waals surface area contributed by atoms with Crippen LogP contribution in [0.15, 0.2) is 30.3 Å². The van der Waals surface area contributed by atoms with Gasteiger partial charge in [-0.05, 0) is 25.5 Å². The summed E-state index contributed by atoms with van der Waals surface area (Å²) < 4.78 is 0. The van der Waals surface area contributed by atoms with Gasteiger partial charge in [0.25, 0.3) is 0 Å². The summed E-state index contributed by atoms with van der Waals surface area (Å²) in [5.74, 6) is 0.0227. The molecule has 4 heteroatoms. The monoisotopic (exact) mass is 236 g/mol. The van der Waals surface area contributed by atoms with Gasteiger partial charge in [0, 0.05) is 19.3 Å². The zero-order chi connectivity index (χ0) is 12.7. The van der Waals surface area contributed by atoms with Crippen molar-refractivity contribution in [2.75, 3.05) is 25.5 Å². The average Bonchev–Trinajstić information content (AvgIpc) is 2.34. The summed E-state index contributed by atoms with van der Waals surface area (Å²) in [7, 11) is 1.75. The molecule has 94 valence electrons.